The van der Waals surface area contributed by atoms with E-state index in [2.05, 4.69) is 30.6 Å². The van der Waals surface area contributed by atoms with Crippen molar-refractivity contribution in [1.29, 1.82) is 0 Å². The van der Waals surface area contributed by atoms with Crippen molar-refractivity contribution in [1.82, 2.24) is 9.97 Å². The Bertz CT molecular complexity index is 1110. The number of nitrogens with one attached hydrogen (secondary N) is 2. The monoisotopic (exact) mass is 425 g/mol. The highest BCUT2D eigenvalue weighted by molar-refractivity contribution is 9.10. The van der Waals surface area contributed by atoms with E-state index in [1.165, 1.54) is 18.3 Å². The fourth-order valence-corrected chi connectivity index (χ4v) is 3.42. The third-order valence-corrected chi connectivity index (χ3v) is 4.64. The van der Waals surface area contributed by atoms with Crippen LogP contribution in [-0.4, -0.2) is 30.4 Å². The minimum Gasteiger partial charge on any atom is -0.345 e. The highest BCUT2D eigenvalue weighted by Gasteiger charge is 2.23. The van der Waals surface area contributed by atoms with Crippen LogP contribution in [0.4, 0.5) is 10.1 Å². The fraction of sp³-hybridized carbons (Fsp3) is 0.125. The molecule has 0 radical (unpaired) electrons. The average molecular weight is 426 g/mol. The molecular weight excluding hydrogens is 413 g/mol. The second-order valence-electron chi connectivity index (χ2n) is 5.57. The lowest BCUT2D eigenvalue weighted by Crippen LogP contribution is -2.14. The van der Waals surface area contributed by atoms with E-state index in [-0.39, 0.29) is 16.8 Å². The number of benzene rings is 1. The molecule has 0 aliphatic carbocycles. The Hall–Kier alpha value is -2.26. The molecule has 3 aromatic rings. The summed E-state index contributed by atoms with van der Waals surface area (Å²) in [5.74, 6) is -1.47. The van der Waals surface area contributed by atoms with Gasteiger partial charge in [0.2, 0.25) is 10.0 Å². The maximum atomic E-state index is 14.8. The number of sulfonamides is 1. The second kappa shape index (κ2) is 6.23. The van der Waals surface area contributed by atoms with Gasteiger partial charge in [0.1, 0.15) is 5.65 Å². The van der Waals surface area contributed by atoms with Crippen molar-refractivity contribution in [3.63, 3.8) is 0 Å². The van der Waals surface area contributed by atoms with Crippen LogP contribution in [0.2, 0.25) is 0 Å². The first-order valence-electron chi connectivity index (χ1n) is 7.11. The van der Waals surface area contributed by atoms with Gasteiger partial charge in [0.15, 0.2) is 11.6 Å². The summed E-state index contributed by atoms with van der Waals surface area (Å²) in [7, 11) is -3.67. The number of H-pyrrole nitrogens is 1. The van der Waals surface area contributed by atoms with Crippen LogP contribution >= 0.6 is 15.9 Å². The number of nitrogens with zero attached hydrogens (tertiary/aromatic N) is 1. The number of aromatic amines is 1. The predicted molar refractivity (Wildman–Crippen MR) is 96.8 cm³/mol. The number of ketones is 1. The second-order valence-corrected chi connectivity index (χ2v) is 8.24. The number of halogens is 2. The summed E-state index contributed by atoms with van der Waals surface area (Å²) >= 11 is 3.29. The van der Waals surface area contributed by atoms with Crippen LogP contribution in [0.3, 0.4) is 0 Å². The van der Waals surface area contributed by atoms with Gasteiger partial charge in [-0.3, -0.25) is 9.52 Å². The normalized spacial score (nSPS) is 11.7. The lowest BCUT2D eigenvalue weighted by atomic mass is 9.98. The van der Waals surface area contributed by atoms with Crippen LogP contribution in [0.15, 0.2) is 35.1 Å². The summed E-state index contributed by atoms with van der Waals surface area (Å²) < 4.78 is 40.3. The quantitative estimate of drug-likeness (QED) is 0.626. The lowest BCUT2D eigenvalue weighted by Gasteiger charge is -2.11. The molecule has 0 saturated heterocycles. The molecule has 2 aromatic heterocycles. The molecule has 2 heterocycles. The molecule has 9 heteroatoms. The van der Waals surface area contributed by atoms with E-state index in [9.17, 15) is 17.6 Å². The lowest BCUT2D eigenvalue weighted by molar-refractivity contribution is 0.103. The molecule has 25 heavy (non-hydrogen) atoms. The smallest absolute Gasteiger partial charge is 0.229 e. The fourth-order valence-electron chi connectivity index (χ4n) is 2.53. The molecule has 0 aliphatic rings. The van der Waals surface area contributed by atoms with E-state index >= 15 is 0 Å². The number of rotatable bonds is 4. The Morgan fingerprint density at radius 1 is 1.36 bits per heavy atom. The molecule has 0 bridgehead atoms. The first-order valence-corrected chi connectivity index (χ1v) is 9.80. The van der Waals surface area contributed by atoms with Crippen LogP contribution in [0, 0.1) is 12.7 Å². The summed E-state index contributed by atoms with van der Waals surface area (Å²) in [6.07, 6.45) is 3.95. The van der Waals surface area contributed by atoms with Crippen molar-refractivity contribution in [2.45, 2.75) is 6.92 Å². The van der Waals surface area contributed by atoms with Crippen molar-refractivity contribution in [2.24, 2.45) is 0 Å². The number of fused-ring (bicyclic) bond motifs is 1. The van der Waals surface area contributed by atoms with E-state index in [0.717, 1.165) is 6.26 Å². The third-order valence-electron chi connectivity index (χ3n) is 3.62. The number of carbonyl (C=O) groups excluding carboxylic acids is 1. The Morgan fingerprint density at radius 3 is 2.76 bits per heavy atom. The minimum absolute atomic E-state index is 0.186. The van der Waals surface area contributed by atoms with Gasteiger partial charge in [0.25, 0.3) is 0 Å². The van der Waals surface area contributed by atoms with Gasteiger partial charge in [-0.25, -0.2) is 17.8 Å². The summed E-state index contributed by atoms with van der Waals surface area (Å²) in [6, 6.07) is 4.49. The molecule has 0 unspecified atom stereocenters. The summed E-state index contributed by atoms with van der Waals surface area (Å²) in [5.41, 5.74) is 0.696. The van der Waals surface area contributed by atoms with E-state index < -0.39 is 21.6 Å². The molecule has 0 fully saturated rings. The molecule has 6 nitrogen and oxygen atoms in total. The van der Waals surface area contributed by atoms with Gasteiger partial charge in [-0.1, -0.05) is 6.07 Å². The van der Waals surface area contributed by atoms with Gasteiger partial charge in [-0.05, 0) is 40.5 Å². The van der Waals surface area contributed by atoms with E-state index in [1.54, 1.807) is 19.2 Å². The number of aromatic nitrogens is 2. The zero-order valence-electron chi connectivity index (χ0n) is 13.2. The topological polar surface area (TPSA) is 91.9 Å². The summed E-state index contributed by atoms with van der Waals surface area (Å²) in [6.45, 7) is 1.59. The Balaban J connectivity index is 2.16. The van der Waals surface area contributed by atoms with E-state index in [1.807, 2.05) is 0 Å². The maximum absolute atomic E-state index is 14.8. The molecule has 0 atom stereocenters. The molecule has 0 saturated carbocycles. The number of pyridine rings is 1. The standard InChI is InChI=1S/C16H13BrFN3O3S/c1-8-3-4-12(21-25(2,23)24)14(18)13(8)15(22)11-7-20-16-10(11)5-9(17)6-19-16/h3-7,21H,1-2H3,(H,19,20). The molecule has 0 spiro atoms. The Labute approximate surface area is 151 Å². The Morgan fingerprint density at radius 2 is 2.08 bits per heavy atom. The van der Waals surface area contributed by atoms with Crippen molar-refractivity contribution in [2.75, 3.05) is 11.0 Å². The van der Waals surface area contributed by atoms with Crippen LogP contribution in [-0.2, 0) is 10.0 Å². The van der Waals surface area contributed by atoms with E-state index in [0.29, 0.717) is 21.1 Å². The number of hydrogen-bond acceptors (Lipinski definition) is 4. The first kappa shape index (κ1) is 17.6. The average Bonchev–Trinajstić information content (AvgIpc) is 2.92. The van der Waals surface area contributed by atoms with Crippen molar-refractivity contribution in [3.05, 3.63) is 57.6 Å². The van der Waals surface area contributed by atoms with Crippen molar-refractivity contribution in [3.8, 4) is 0 Å². The number of carbonyl (C=O) groups is 1. The van der Waals surface area contributed by atoms with Gasteiger partial charge in [0, 0.05) is 27.8 Å². The van der Waals surface area contributed by atoms with Gasteiger partial charge >= 0.3 is 0 Å². The van der Waals surface area contributed by atoms with Crippen molar-refractivity contribution < 1.29 is 17.6 Å². The highest BCUT2D eigenvalue weighted by atomic mass is 79.9. The zero-order chi connectivity index (χ0) is 18.4. The van der Waals surface area contributed by atoms with Crippen LogP contribution < -0.4 is 4.72 Å². The zero-order valence-corrected chi connectivity index (χ0v) is 15.6. The first-order chi connectivity index (χ1) is 11.7. The van der Waals surface area contributed by atoms with Crippen LogP contribution in [0.5, 0.6) is 0 Å². The van der Waals surface area contributed by atoms with Crippen molar-refractivity contribution >= 4 is 48.5 Å². The van der Waals surface area contributed by atoms with Gasteiger partial charge in [-0.2, -0.15) is 0 Å². The third kappa shape index (κ3) is 3.42. The summed E-state index contributed by atoms with van der Waals surface area (Å²) in [5, 5.41) is 0.541. The number of hydrogen-bond donors (Lipinski definition) is 2. The molecule has 0 amide bonds. The minimum atomic E-state index is -3.67. The van der Waals surface area contributed by atoms with Gasteiger partial charge in [-0.15, -0.1) is 0 Å². The van der Waals surface area contributed by atoms with Gasteiger partial charge < -0.3 is 4.98 Å². The van der Waals surface area contributed by atoms with Crippen LogP contribution in [0.25, 0.3) is 11.0 Å². The summed E-state index contributed by atoms with van der Waals surface area (Å²) in [4.78, 5) is 19.9. The molecule has 0 aliphatic heterocycles. The Kier molecular flexibility index (Phi) is 4.38. The van der Waals surface area contributed by atoms with Gasteiger partial charge in [0.05, 0.1) is 17.5 Å². The highest BCUT2D eigenvalue weighted by Crippen LogP contribution is 2.28. The molecule has 1 aromatic carbocycles. The molecule has 2 N–H and O–H groups in total. The largest absolute Gasteiger partial charge is 0.345 e. The molecular formula is C16H13BrFN3O3S. The maximum Gasteiger partial charge on any atom is 0.229 e. The SMILES string of the molecule is Cc1ccc(NS(C)(=O)=O)c(F)c1C(=O)c1c[nH]c2ncc(Br)cc12. The van der Waals surface area contributed by atoms with Crippen LogP contribution in [0.1, 0.15) is 21.5 Å². The molecule has 3 rings (SSSR count). The predicted octanol–water partition coefficient (Wildman–Crippen LogP) is 3.38. The number of anilines is 1. The number of aryl methyl sites for hydroxylation is 1. The van der Waals surface area contributed by atoms with E-state index in [4.69, 9.17) is 0 Å². The molecule has 130 valence electrons.